The Morgan fingerprint density at radius 2 is 1.80 bits per heavy atom. The van der Waals surface area contributed by atoms with Crippen LogP contribution in [0, 0.1) is 0 Å². The van der Waals surface area contributed by atoms with E-state index in [0.717, 1.165) is 25.8 Å². The molecular weight excluding hydrogens is 278 g/mol. The third-order valence-corrected chi connectivity index (χ3v) is 4.75. The van der Waals surface area contributed by atoms with Crippen molar-refractivity contribution >= 4 is 9.84 Å². The average Bonchev–Trinajstić information content (AvgIpc) is 2.45. The Labute approximate surface area is 120 Å². The normalized spacial score (nSPS) is 19.6. The summed E-state index contributed by atoms with van der Waals surface area (Å²) in [6, 6.07) is 3.39. The van der Waals surface area contributed by atoms with Gasteiger partial charge in [-0.05, 0) is 31.5 Å². The lowest BCUT2D eigenvalue weighted by molar-refractivity contribution is 0.357. The molecule has 1 fully saturated rings. The van der Waals surface area contributed by atoms with E-state index in [1.165, 1.54) is 13.4 Å². The molecule has 0 amide bonds. The number of hydrogen-bond acceptors (Lipinski definition) is 5. The van der Waals surface area contributed by atoms with Crippen LogP contribution in [0.1, 0.15) is 30.9 Å². The van der Waals surface area contributed by atoms with Crippen molar-refractivity contribution in [2.45, 2.75) is 30.2 Å². The second-order valence-electron chi connectivity index (χ2n) is 4.99. The molecule has 0 aromatic heterocycles. The molecule has 112 valence electrons. The zero-order valence-corrected chi connectivity index (χ0v) is 12.9. The standard InChI is InChI=1S/C14H21NO4S/c1-18-11-7-8-12(19-2)14(20(3,16)17)13(11)10-6-4-5-9-15-10/h7-8,10,15H,4-6,9H2,1-3H3. The molecule has 1 aliphatic rings. The van der Waals surface area contributed by atoms with E-state index in [1.54, 1.807) is 19.2 Å². The molecule has 0 aliphatic carbocycles. The van der Waals surface area contributed by atoms with Crippen molar-refractivity contribution in [3.8, 4) is 11.5 Å². The SMILES string of the molecule is COc1ccc(OC)c(S(C)(=O)=O)c1C1CCCCN1. The molecule has 2 rings (SSSR count). The van der Waals surface area contributed by atoms with Gasteiger partial charge in [0, 0.05) is 17.9 Å². The molecule has 5 nitrogen and oxygen atoms in total. The van der Waals surface area contributed by atoms with E-state index in [9.17, 15) is 8.42 Å². The number of sulfone groups is 1. The molecule has 1 heterocycles. The van der Waals surface area contributed by atoms with Gasteiger partial charge in [0.15, 0.2) is 9.84 Å². The summed E-state index contributed by atoms with van der Waals surface area (Å²) in [5.41, 5.74) is 0.689. The highest BCUT2D eigenvalue weighted by Crippen LogP contribution is 2.40. The van der Waals surface area contributed by atoms with Gasteiger partial charge in [0.1, 0.15) is 16.4 Å². The molecule has 1 unspecified atom stereocenters. The van der Waals surface area contributed by atoms with Gasteiger partial charge < -0.3 is 14.8 Å². The lowest BCUT2D eigenvalue weighted by atomic mass is 9.96. The zero-order valence-electron chi connectivity index (χ0n) is 12.1. The number of ether oxygens (including phenoxy) is 2. The van der Waals surface area contributed by atoms with Crippen LogP contribution in [0.2, 0.25) is 0 Å². The van der Waals surface area contributed by atoms with Crippen molar-refractivity contribution in [2.24, 2.45) is 0 Å². The number of benzene rings is 1. The van der Waals surface area contributed by atoms with E-state index in [-0.39, 0.29) is 10.9 Å². The number of piperidine rings is 1. The first-order valence-corrected chi connectivity index (χ1v) is 8.56. The van der Waals surface area contributed by atoms with Gasteiger partial charge in [-0.2, -0.15) is 0 Å². The summed E-state index contributed by atoms with van der Waals surface area (Å²) in [6.45, 7) is 0.883. The lowest BCUT2D eigenvalue weighted by Gasteiger charge is -2.27. The van der Waals surface area contributed by atoms with Gasteiger partial charge in [0.2, 0.25) is 0 Å². The monoisotopic (exact) mass is 299 g/mol. The van der Waals surface area contributed by atoms with Crippen LogP contribution in [0.3, 0.4) is 0 Å². The minimum atomic E-state index is -3.40. The number of hydrogen-bond donors (Lipinski definition) is 1. The zero-order chi connectivity index (χ0) is 14.8. The van der Waals surface area contributed by atoms with Gasteiger partial charge >= 0.3 is 0 Å². The van der Waals surface area contributed by atoms with Crippen molar-refractivity contribution in [3.05, 3.63) is 17.7 Å². The van der Waals surface area contributed by atoms with Gasteiger partial charge in [-0.1, -0.05) is 6.42 Å². The molecule has 1 saturated heterocycles. The van der Waals surface area contributed by atoms with E-state index in [0.29, 0.717) is 17.1 Å². The minimum Gasteiger partial charge on any atom is -0.496 e. The summed E-state index contributed by atoms with van der Waals surface area (Å²) in [6.07, 6.45) is 4.28. The fourth-order valence-electron chi connectivity index (χ4n) is 2.71. The fraction of sp³-hybridized carbons (Fsp3) is 0.571. The van der Waals surface area contributed by atoms with Gasteiger partial charge in [-0.25, -0.2) is 8.42 Å². The van der Waals surface area contributed by atoms with E-state index < -0.39 is 9.84 Å². The number of nitrogens with one attached hydrogen (secondary N) is 1. The summed E-state index contributed by atoms with van der Waals surface area (Å²) in [4.78, 5) is 0.235. The first-order valence-electron chi connectivity index (χ1n) is 6.67. The van der Waals surface area contributed by atoms with Crippen LogP contribution in [0.4, 0.5) is 0 Å². The Morgan fingerprint density at radius 3 is 2.30 bits per heavy atom. The van der Waals surface area contributed by atoms with Crippen LogP contribution >= 0.6 is 0 Å². The van der Waals surface area contributed by atoms with E-state index in [2.05, 4.69) is 5.32 Å². The van der Waals surface area contributed by atoms with Crippen LogP contribution in [0.25, 0.3) is 0 Å². The maximum atomic E-state index is 12.2. The van der Waals surface area contributed by atoms with Gasteiger partial charge in [0.05, 0.1) is 14.2 Å². The second kappa shape index (κ2) is 6.01. The fourth-order valence-corrected chi connectivity index (χ4v) is 3.87. The van der Waals surface area contributed by atoms with Crippen LogP contribution in [0.5, 0.6) is 11.5 Å². The molecule has 1 aromatic rings. The molecule has 1 aliphatic heterocycles. The van der Waals surface area contributed by atoms with Crippen molar-refractivity contribution in [1.82, 2.24) is 5.32 Å². The third-order valence-electron chi connectivity index (χ3n) is 3.59. The van der Waals surface area contributed by atoms with Gasteiger partial charge in [-0.15, -0.1) is 0 Å². The molecular formula is C14H21NO4S. The number of methoxy groups -OCH3 is 2. The predicted molar refractivity (Wildman–Crippen MR) is 77.3 cm³/mol. The first kappa shape index (κ1) is 15.1. The average molecular weight is 299 g/mol. The molecule has 20 heavy (non-hydrogen) atoms. The molecule has 0 radical (unpaired) electrons. The maximum absolute atomic E-state index is 12.2. The van der Waals surface area contributed by atoms with Crippen LogP contribution in [0.15, 0.2) is 17.0 Å². The summed E-state index contributed by atoms with van der Waals surface area (Å²) in [5.74, 6) is 0.960. The maximum Gasteiger partial charge on any atom is 0.179 e. The Hall–Kier alpha value is -1.27. The molecule has 1 atom stereocenters. The largest absolute Gasteiger partial charge is 0.496 e. The molecule has 1 aromatic carbocycles. The van der Waals surface area contributed by atoms with Crippen LogP contribution in [-0.4, -0.2) is 35.4 Å². The molecule has 6 heteroatoms. The summed E-state index contributed by atoms with van der Waals surface area (Å²) >= 11 is 0. The first-order chi connectivity index (χ1) is 9.49. The third kappa shape index (κ3) is 2.91. The van der Waals surface area contributed by atoms with Crippen molar-refractivity contribution < 1.29 is 17.9 Å². The Balaban J connectivity index is 2.66. The molecule has 0 spiro atoms. The molecule has 0 bridgehead atoms. The summed E-state index contributed by atoms with van der Waals surface area (Å²) in [5, 5.41) is 3.37. The highest BCUT2D eigenvalue weighted by atomic mass is 32.2. The van der Waals surface area contributed by atoms with E-state index in [1.807, 2.05) is 0 Å². The molecule has 1 N–H and O–H groups in total. The predicted octanol–water partition coefficient (Wildman–Crippen LogP) is 1.92. The quantitative estimate of drug-likeness (QED) is 0.920. The van der Waals surface area contributed by atoms with Crippen molar-refractivity contribution in [3.63, 3.8) is 0 Å². The Bertz CT molecular complexity index is 577. The van der Waals surface area contributed by atoms with Crippen molar-refractivity contribution in [1.29, 1.82) is 0 Å². The minimum absolute atomic E-state index is 0.0153. The lowest BCUT2D eigenvalue weighted by Crippen LogP contribution is -2.28. The highest BCUT2D eigenvalue weighted by molar-refractivity contribution is 7.90. The second-order valence-corrected chi connectivity index (χ2v) is 6.94. The van der Waals surface area contributed by atoms with E-state index >= 15 is 0 Å². The number of rotatable bonds is 4. The topological polar surface area (TPSA) is 64.6 Å². The molecule has 0 saturated carbocycles. The smallest absolute Gasteiger partial charge is 0.179 e. The van der Waals surface area contributed by atoms with Crippen molar-refractivity contribution in [2.75, 3.05) is 27.0 Å². The summed E-state index contributed by atoms with van der Waals surface area (Å²) < 4.78 is 35.0. The van der Waals surface area contributed by atoms with Crippen LogP contribution < -0.4 is 14.8 Å². The van der Waals surface area contributed by atoms with Crippen LogP contribution in [-0.2, 0) is 9.84 Å². The Kier molecular flexibility index (Phi) is 4.55. The van der Waals surface area contributed by atoms with Gasteiger partial charge in [0.25, 0.3) is 0 Å². The Morgan fingerprint density at radius 1 is 1.15 bits per heavy atom. The summed E-state index contributed by atoms with van der Waals surface area (Å²) in [7, 11) is -0.367. The van der Waals surface area contributed by atoms with E-state index in [4.69, 9.17) is 9.47 Å². The highest BCUT2D eigenvalue weighted by Gasteiger charge is 2.29. The van der Waals surface area contributed by atoms with Gasteiger partial charge in [-0.3, -0.25) is 0 Å².